The fraction of sp³-hybridized carbons (Fsp3) is 0.154. The summed E-state index contributed by atoms with van der Waals surface area (Å²) in [4.78, 5) is 4.35. The van der Waals surface area contributed by atoms with Gasteiger partial charge in [-0.3, -0.25) is 4.98 Å². The molecule has 16 heavy (non-hydrogen) atoms. The molecule has 1 N–H and O–H groups in total. The summed E-state index contributed by atoms with van der Waals surface area (Å²) in [6.45, 7) is 0.850. The molecule has 0 amide bonds. The molecule has 0 aliphatic carbocycles. The van der Waals surface area contributed by atoms with Crippen molar-refractivity contribution < 1.29 is 0 Å². The second-order valence-electron chi connectivity index (χ2n) is 3.59. The number of halogens is 1. The number of rotatable bonds is 3. The van der Waals surface area contributed by atoms with Crippen LogP contribution < -0.4 is 5.32 Å². The lowest BCUT2D eigenvalue weighted by Gasteiger charge is -2.04. The third kappa shape index (κ3) is 2.60. The van der Waals surface area contributed by atoms with Crippen LogP contribution in [-0.2, 0) is 6.54 Å². The van der Waals surface area contributed by atoms with Gasteiger partial charge in [0.05, 0.1) is 5.69 Å². The molecule has 2 aromatic rings. The number of hydrogen-bond donors (Lipinski definition) is 1. The highest BCUT2D eigenvalue weighted by atomic mass is 35.5. The largest absolute Gasteiger partial charge is 0.316 e. The Morgan fingerprint density at radius 1 is 1.19 bits per heavy atom. The molecule has 0 spiro atoms. The minimum Gasteiger partial charge on any atom is -0.316 e. The third-order valence-electron chi connectivity index (χ3n) is 2.35. The second kappa shape index (κ2) is 5.10. The van der Waals surface area contributed by atoms with Crippen molar-refractivity contribution in [2.45, 2.75) is 6.54 Å². The lowest BCUT2D eigenvalue weighted by atomic mass is 10.1. The zero-order chi connectivity index (χ0) is 11.4. The summed E-state index contributed by atoms with van der Waals surface area (Å²) in [5, 5.41) is 3.87. The van der Waals surface area contributed by atoms with Crippen molar-refractivity contribution in [1.29, 1.82) is 0 Å². The summed E-state index contributed by atoms with van der Waals surface area (Å²) >= 11 is 5.85. The molecule has 0 saturated carbocycles. The second-order valence-corrected chi connectivity index (χ2v) is 4.02. The number of nitrogens with one attached hydrogen (secondary N) is 1. The van der Waals surface area contributed by atoms with E-state index in [9.17, 15) is 0 Å². The molecule has 0 aliphatic heterocycles. The van der Waals surface area contributed by atoms with Gasteiger partial charge < -0.3 is 5.32 Å². The predicted octanol–water partition coefficient (Wildman–Crippen LogP) is 3.12. The highest BCUT2D eigenvalue weighted by molar-refractivity contribution is 6.30. The Morgan fingerprint density at radius 3 is 2.62 bits per heavy atom. The Kier molecular flexibility index (Phi) is 3.54. The molecule has 0 saturated heterocycles. The summed E-state index contributed by atoms with van der Waals surface area (Å²) in [5.41, 5.74) is 3.29. The maximum atomic E-state index is 5.85. The first-order valence-electron chi connectivity index (χ1n) is 5.15. The summed E-state index contributed by atoms with van der Waals surface area (Å²) in [6.07, 6.45) is 1.83. The van der Waals surface area contributed by atoms with E-state index in [2.05, 4.69) is 16.4 Å². The molecule has 1 heterocycles. The van der Waals surface area contributed by atoms with Crippen molar-refractivity contribution in [1.82, 2.24) is 10.3 Å². The van der Waals surface area contributed by atoms with Gasteiger partial charge in [-0.15, -0.1) is 0 Å². The highest BCUT2D eigenvalue weighted by Crippen LogP contribution is 2.20. The van der Waals surface area contributed by atoms with Crippen LogP contribution in [0.4, 0.5) is 0 Å². The van der Waals surface area contributed by atoms with E-state index in [1.165, 1.54) is 5.56 Å². The molecule has 0 atom stereocenters. The van der Waals surface area contributed by atoms with Crippen LogP contribution in [0, 0.1) is 0 Å². The average molecular weight is 233 g/mol. The van der Waals surface area contributed by atoms with Gasteiger partial charge in [0, 0.05) is 23.3 Å². The molecule has 2 rings (SSSR count). The number of benzene rings is 1. The Labute approximate surface area is 100 Å². The van der Waals surface area contributed by atoms with Gasteiger partial charge in [-0.05, 0) is 36.9 Å². The Hall–Kier alpha value is -1.38. The Balaban J connectivity index is 2.32. The average Bonchev–Trinajstić information content (AvgIpc) is 2.31. The van der Waals surface area contributed by atoms with Gasteiger partial charge in [0.1, 0.15) is 0 Å². The molecular weight excluding hydrogens is 220 g/mol. The molecule has 3 heteroatoms. The molecule has 1 aromatic carbocycles. The molecule has 0 aliphatic rings. The van der Waals surface area contributed by atoms with E-state index < -0.39 is 0 Å². The van der Waals surface area contributed by atoms with Crippen molar-refractivity contribution in [3.8, 4) is 11.3 Å². The molecule has 0 unspecified atom stereocenters. The molecule has 0 radical (unpaired) electrons. The van der Waals surface area contributed by atoms with E-state index in [-0.39, 0.29) is 0 Å². The first-order valence-corrected chi connectivity index (χ1v) is 5.53. The predicted molar refractivity (Wildman–Crippen MR) is 67.4 cm³/mol. The van der Waals surface area contributed by atoms with E-state index in [4.69, 9.17) is 11.6 Å². The summed E-state index contributed by atoms with van der Waals surface area (Å²) in [6, 6.07) is 11.8. The maximum Gasteiger partial charge on any atom is 0.0705 e. The lowest BCUT2D eigenvalue weighted by molar-refractivity contribution is 0.816. The minimum absolute atomic E-state index is 0.745. The van der Waals surface area contributed by atoms with Gasteiger partial charge in [0.15, 0.2) is 0 Å². The van der Waals surface area contributed by atoms with Gasteiger partial charge in [-0.25, -0.2) is 0 Å². The Morgan fingerprint density at radius 2 is 1.94 bits per heavy atom. The van der Waals surface area contributed by atoms with E-state index in [1.54, 1.807) is 0 Å². The van der Waals surface area contributed by atoms with E-state index in [0.29, 0.717) is 0 Å². The SMILES string of the molecule is CNCc1ccnc(-c2ccc(Cl)cc2)c1. The molecule has 1 aromatic heterocycles. The summed E-state index contributed by atoms with van der Waals surface area (Å²) in [7, 11) is 1.93. The van der Waals surface area contributed by atoms with Crippen LogP contribution in [0.3, 0.4) is 0 Å². The van der Waals surface area contributed by atoms with Crippen LogP contribution >= 0.6 is 11.6 Å². The van der Waals surface area contributed by atoms with Crippen molar-refractivity contribution >= 4 is 11.6 Å². The minimum atomic E-state index is 0.745. The highest BCUT2D eigenvalue weighted by Gasteiger charge is 2.00. The number of aromatic nitrogens is 1. The van der Waals surface area contributed by atoms with Gasteiger partial charge in [0.25, 0.3) is 0 Å². The van der Waals surface area contributed by atoms with E-state index in [1.807, 2.05) is 43.6 Å². The van der Waals surface area contributed by atoms with Crippen LogP contribution in [0.25, 0.3) is 11.3 Å². The first kappa shape index (κ1) is 11.1. The van der Waals surface area contributed by atoms with Crippen molar-refractivity contribution in [2.75, 3.05) is 7.05 Å². The van der Waals surface area contributed by atoms with Gasteiger partial charge in [-0.2, -0.15) is 0 Å². The fourth-order valence-corrected chi connectivity index (χ4v) is 1.69. The Bertz CT molecular complexity index is 466. The zero-order valence-corrected chi connectivity index (χ0v) is 9.83. The number of hydrogen-bond acceptors (Lipinski definition) is 2. The van der Waals surface area contributed by atoms with Crippen molar-refractivity contribution in [3.05, 3.63) is 53.2 Å². The van der Waals surface area contributed by atoms with Gasteiger partial charge in [0.2, 0.25) is 0 Å². The lowest BCUT2D eigenvalue weighted by Crippen LogP contribution is -2.05. The maximum absolute atomic E-state index is 5.85. The quantitative estimate of drug-likeness (QED) is 0.880. The smallest absolute Gasteiger partial charge is 0.0705 e. The number of pyridine rings is 1. The van der Waals surface area contributed by atoms with Crippen LogP contribution in [-0.4, -0.2) is 12.0 Å². The number of nitrogens with zero attached hydrogens (tertiary/aromatic N) is 1. The van der Waals surface area contributed by atoms with Crippen LogP contribution in [0.5, 0.6) is 0 Å². The van der Waals surface area contributed by atoms with Crippen LogP contribution in [0.1, 0.15) is 5.56 Å². The normalized spacial score (nSPS) is 10.4. The van der Waals surface area contributed by atoms with E-state index in [0.717, 1.165) is 22.8 Å². The van der Waals surface area contributed by atoms with Gasteiger partial charge in [-0.1, -0.05) is 23.7 Å². The van der Waals surface area contributed by atoms with Crippen molar-refractivity contribution in [2.24, 2.45) is 0 Å². The van der Waals surface area contributed by atoms with E-state index >= 15 is 0 Å². The summed E-state index contributed by atoms with van der Waals surface area (Å²) < 4.78 is 0. The molecule has 0 fully saturated rings. The first-order chi connectivity index (χ1) is 7.79. The summed E-state index contributed by atoms with van der Waals surface area (Å²) in [5.74, 6) is 0. The molecule has 0 bridgehead atoms. The topological polar surface area (TPSA) is 24.9 Å². The monoisotopic (exact) mass is 232 g/mol. The standard InChI is InChI=1S/C13H13ClN2/c1-15-9-10-6-7-16-13(8-10)11-2-4-12(14)5-3-11/h2-8,15H,9H2,1H3. The van der Waals surface area contributed by atoms with Crippen LogP contribution in [0.2, 0.25) is 5.02 Å². The van der Waals surface area contributed by atoms with Gasteiger partial charge >= 0.3 is 0 Å². The van der Waals surface area contributed by atoms with Crippen LogP contribution in [0.15, 0.2) is 42.6 Å². The fourth-order valence-electron chi connectivity index (χ4n) is 1.57. The molecule has 2 nitrogen and oxygen atoms in total. The van der Waals surface area contributed by atoms with Crippen molar-refractivity contribution in [3.63, 3.8) is 0 Å². The molecular formula is C13H13ClN2. The zero-order valence-electron chi connectivity index (χ0n) is 9.07. The third-order valence-corrected chi connectivity index (χ3v) is 2.60. The molecule has 82 valence electrons.